The fourth-order valence-electron chi connectivity index (χ4n) is 2.96. The minimum absolute atomic E-state index is 0.149. The molecule has 0 atom stereocenters. The first-order valence-electron chi connectivity index (χ1n) is 8.49. The molecule has 1 aliphatic heterocycles. The van der Waals surface area contributed by atoms with Gasteiger partial charge in [-0.2, -0.15) is 4.99 Å². The molecule has 0 aliphatic carbocycles. The first-order chi connectivity index (χ1) is 13.6. The second-order valence-corrected chi connectivity index (χ2v) is 7.90. The molecular formula is C19H16Cl2N2O4S. The van der Waals surface area contributed by atoms with Crippen molar-refractivity contribution in [2.24, 2.45) is 4.99 Å². The van der Waals surface area contributed by atoms with E-state index in [0.29, 0.717) is 39.5 Å². The molecule has 1 amide bonds. The number of carbonyl (C=O) groups is 1. The van der Waals surface area contributed by atoms with Crippen LogP contribution in [0.2, 0.25) is 10.0 Å². The van der Waals surface area contributed by atoms with Gasteiger partial charge in [0.05, 0.1) is 33.3 Å². The first-order valence-corrected chi connectivity index (χ1v) is 10.1. The number of benzene rings is 2. The maximum absolute atomic E-state index is 12.6. The number of halogens is 2. The van der Waals surface area contributed by atoms with Crippen molar-refractivity contribution in [3.63, 3.8) is 0 Å². The highest BCUT2D eigenvalue weighted by Crippen LogP contribution is 2.33. The van der Waals surface area contributed by atoms with Gasteiger partial charge < -0.3 is 18.8 Å². The Kier molecular flexibility index (Phi) is 5.59. The van der Waals surface area contributed by atoms with Crippen LogP contribution in [0.1, 0.15) is 5.56 Å². The van der Waals surface area contributed by atoms with Crippen molar-refractivity contribution >= 4 is 50.7 Å². The molecule has 2 aromatic carbocycles. The summed E-state index contributed by atoms with van der Waals surface area (Å²) >= 11 is 14.0. The Labute approximate surface area is 174 Å². The van der Waals surface area contributed by atoms with Crippen LogP contribution in [0.3, 0.4) is 0 Å². The van der Waals surface area contributed by atoms with Gasteiger partial charge in [-0.25, -0.2) is 0 Å². The number of thiazole rings is 1. The molecule has 0 saturated carbocycles. The summed E-state index contributed by atoms with van der Waals surface area (Å²) in [5.74, 6) is 1.05. The molecule has 3 aromatic rings. The van der Waals surface area contributed by atoms with Gasteiger partial charge in [0.1, 0.15) is 0 Å². The molecular weight excluding hydrogens is 423 g/mol. The monoisotopic (exact) mass is 438 g/mol. The average molecular weight is 439 g/mol. The fraction of sp³-hybridized carbons (Fsp3) is 0.263. The number of nitrogens with zero attached hydrogens (tertiary/aromatic N) is 2. The van der Waals surface area contributed by atoms with Crippen LogP contribution in [0.4, 0.5) is 0 Å². The molecule has 28 heavy (non-hydrogen) atoms. The van der Waals surface area contributed by atoms with Crippen molar-refractivity contribution in [2.75, 3.05) is 20.5 Å². The normalized spacial score (nSPS) is 13.5. The van der Waals surface area contributed by atoms with E-state index < -0.39 is 0 Å². The van der Waals surface area contributed by atoms with Crippen molar-refractivity contribution in [1.82, 2.24) is 4.57 Å². The van der Waals surface area contributed by atoms with Gasteiger partial charge in [-0.3, -0.25) is 4.79 Å². The van der Waals surface area contributed by atoms with Crippen LogP contribution in [0, 0.1) is 0 Å². The molecule has 6 nitrogen and oxygen atoms in total. The number of amides is 1. The molecule has 0 N–H and O–H groups in total. The maximum Gasteiger partial charge on any atom is 0.252 e. The van der Waals surface area contributed by atoms with Gasteiger partial charge in [0.2, 0.25) is 6.79 Å². The third-order valence-electron chi connectivity index (χ3n) is 4.26. The van der Waals surface area contributed by atoms with Gasteiger partial charge in [0.25, 0.3) is 5.91 Å². The highest BCUT2D eigenvalue weighted by molar-refractivity contribution is 7.17. The van der Waals surface area contributed by atoms with Gasteiger partial charge in [0.15, 0.2) is 16.3 Å². The first kappa shape index (κ1) is 19.3. The van der Waals surface area contributed by atoms with E-state index in [4.69, 9.17) is 37.4 Å². The van der Waals surface area contributed by atoms with Gasteiger partial charge >= 0.3 is 0 Å². The Morgan fingerprint density at radius 3 is 2.82 bits per heavy atom. The standard InChI is InChI=1S/C19H16Cl2N2O4S/c1-25-7-6-23-17-12(20)3-4-13(21)18(17)28-19(23)22-16(24)9-11-2-5-14-15(8-11)27-10-26-14/h2-5,8H,6-7,9-10H2,1H3. The molecule has 9 heteroatoms. The summed E-state index contributed by atoms with van der Waals surface area (Å²) in [5, 5.41) is 1.12. The Morgan fingerprint density at radius 1 is 1.21 bits per heavy atom. The molecule has 4 rings (SSSR count). The third-order valence-corrected chi connectivity index (χ3v) is 6.10. The van der Waals surface area contributed by atoms with Crippen LogP contribution in [-0.2, 0) is 22.5 Å². The Bertz CT molecular complexity index is 1120. The minimum Gasteiger partial charge on any atom is -0.454 e. The van der Waals surface area contributed by atoms with Crippen molar-refractivity contribution < 1.29 is 19.0 Å². The van der Waals surface area contributed by atoms with Crippen LogP contribution in [0.15, 0.2) is 35.3 Å². The van der Waals surface area contributed by atoms with Crippen LogP contribution >= 0.6 is 34.5 Å². The lowest BCUT2D eigenvalue weighted by Gasteiger charge is -2.06. The molecule has 0 bridgehead atoms. The molecule has 146 valence electrons. The van der Waals surface area contributed by atoms with Gasteiger partial charge in [-0.1, -0.05) is 40.6 Å². The SMILES string of the molecule is COCCn1c(=NC(=O)Cc2ccc3c(c2)OCO3)sc2c(Cl)ccc(Cl)c21. The van der Waals surface area contributed by atoms with Crippen molar-refractivity contribution in [3.8, 4) is 11.5 Å². The summed E-state index contributed by atoms with van der Waals surface area (Å²) < 4.78 is 18.5. The number of rotatable bonds is 5. The van der Waals surface area contributed by atoms with Crippen molar-refractivity contribution in [2.45, 2.75) is 13.0 Å². The minimum atomic E-state index is -0.274. The maximum atomic E-state index is 12.6. The van der Waals surface area contributed by atoms with E-state index in [1.54, 1.807) is 31.4 Å². The number of fused-ring (bicyclic) bond motifs is 2. The summed E-state index contributed by atoms with van der Waals surface area (Å²) in [7, 11) is 1.62. The largest absolute Gasteiger partial charge is 0.454 e. The van der Waals surface area contributed by atoms with Crippen molar-refractivity contribution in [1.29, 1.82) is 0 Å². The van der Waals surface area contributed by atoms with Gasteiger partial charge in [0, 0.05) is 13.7 Å². The lowest BCUT2D eigenvalue weighted by Crippen LogP contribution is -2.20. The summed E-state index contributed by atoms with van der Waals surface area (Å²) in [6, 6.07) is 8.90. The zero-order chi connectivity index (χ0) is 19.7. The molecule has 1 aromatic heterocycles. The Balaban J connectivity index is 1.70. The van der Waals surface area contributed by atoms with Crippen molar-refractivity contribution in [3.05, 3.63) is 50.7 Å². The van der Waals surface area contributed by atoms with E-state index in [2.05, 4.69) is 4.99 Å². The molecule has 0 fully saturated rings. The highest BCUT2D eigenvalue weighted by atomic mass is 35.5. The van der Waals surface area contributed by atoms with Crippen LogP contribution in [0.5, 0.6) is 11.5 Å². The summed E-state index contributed by atoms with van der Waals surface area (Å²) in [6.45, 7) is 1.16. The Morgan fingerprint density at radius 2 is 2.00 bits per heavy atom. The quantitative estimate of drug-likeness (QED) is 0.602. The predicted octanol–water partition coefficient (Wildman–Crippen LogP) is 4.05. The van der Waals surface area contributed by atoms with E-state index in [0.717, 1.165) is 15.8 Å². The summed E-state index contributed by atoms with van der Waals surface area (Å²) in [6.07, 6.45) is 0.149. The van der Waals surface area contributed by atoms with E-state index >= 15 is 0 Å². The zero-order valence-corrected chi connectivity index (χ0v) is 17.2. The second-order valence-electron chi connectivity index (χ2n) is 6.11. The molecule has 2 heterocycles. The second kappa shape index (κ2) is 8.13. The Hall–Kier alpha value is -2.06. The predicted molar refractivity (Wildman–Crippen MR) is 109 cm³/mol. The molecule has 0 saturated heterocycles. The summed E-state index contributed by atoms with van der Waals surface area (Å²) in [5.41, 5.74) is 1.56. The van der Waals surface area contributed by atoms with Gasteiger partial charge in [-0.15, -0.1) is 0 Å². The number of carbonyl (C=O) groups excluding carboxylic acids is 1. The topological polar surface area (TPSA) is 62.1 Å². The smallest absolute Gasteiger partial charge is 0.252 e. The number of methoxy groups -OCH3 is 1. The lowest BCUT2D eigenvalue weighted by molar-refractivity contribution is -0.117. The molecule has 0 spiro atoms. The van der Waals surface area contributed by atoms with E-state index in [1.807, 2.05) is 10.6 Å². The van der Waals surface area contributed by atoms with Gasteiger partial charge in [-0.05, 0) is 29.8 Å². The zero-order valence-electron chi connectivity index (χ0n) is 14.9. The number of aromatic nitrogens is 1. The van der Waals surface area contributed by atoms with E-state index in [9.17, 15) is 4.79 Å². The average Bonchev–Trinajstić information content (AvgIpc) is 3.27. The highest BCUT2D eigenvalue weighted by Gasteiger charge is 2.16. The van der Waals surface area contributed by atoms with E-state index in [-0.39, 0.29) is 19.1 Å². The lowest BCUT2D eigenvalue weighted by atomic mass is 10.1. The van der Waals surface area contributed by atoms with E-state index in [1.165, 1.54) is 11.3 Å². The fourth-order valence-corrected chi connectivity index (χ4v) is 4.65. The molecule has 0 unspecified atom stereocenters. The number of ether oxygens (including phenoxy) is 3. The summed E-state index contributed by atoms with van der Waals surface area (Å²) in [4.78, 5) is 17.5. The number of hydrogen-bond acceptors (Lipinski definition) is 5. The van der Waals surface area contributed by atoms with Crippen LogP contribution < -0.4 is 14.3 Å². The van der Waals surface area contributed by atoms with Crippen LogP contribution in [-0.4, -0.2) is 31.0 Å². The third kappa shape index (κ3) is 3.75. The molecule has 1 aliphatic rings. The number of hydrogen-bond donors (Lipinski definition) is 0. The van der Waals surface area contributed by atoms with Crippen LogP contribution in [0.25, 0.3) is 10.2 Å². The molecule has 0 radical (unpaired) electrons.